The summed E-state index contributed by atoms with van der Waals surface area (Å²) in [5, 5.41) is 2.15. The number of ketones is 2. The zero-order chi connectivity index (χ0) is 14.8. The Balaban J connectivity index is 1.87. The molecule has 108 valence electrons. The monoisotopic (exact) mass is 288 g/mol. The minimum absolute atomic E-state index is 0.0429. The third-order valence-corrected chi connectivity index (χ3v) is 5.66. The van der Waals surface area contributed by atoms with Crippen molar-refractivity contribution in [2.75, 3.05) is 0 Å². The van der Waals surface area contributed by atoms with E-state index in [2.05, 4.69) is 18.2 Å². The van der Waals surface area contributed by atoms with E-state index in [4.69, 9.17) is 0 Å². The van der Waals surface area contributed by atoms with E-state index in [1.807, 2.05) is 18.2 Å². The van der Waals surface area contributed by atoms with Gasteiger partial charge >= 0.3 is 0 Å². The molecule has 0 bridgehead atoms. The third kappa shape index (κ3) is 1.36. The molecule has 22 heavy (non-hydrogen) atoms. The predicted molar refractivity (Wildman–Crippen MR) is 85.7 cm³/mol. The van der Waals surface area contributed by atoms with Crippen LogP contribution >= 0.6 is 0 Å². The average molecular weight is 288 g/mol. The zero-order valence-electron chi connectivity index (χ0n) is 12.3. The summed E-state index contributed by atoms with van der Waals surface area (Å²) in [5.41, 5.74) is 3.40. The normalized spacial score (nSPS) is 26.4. The Labute approximate surface area is 128 Å². The SMILES string of the molecule is O=C1C2=C(c3cccc4cccc1c34)C1CCCCC1C2=O. The Hall–Kier alpha value is -2.22. The summed E-state index contributed by atoms with van der Waals surface area (Å²) < 4.78 is 0. The van der Waals surface area contributed by atoms with Gasteiger partial charge in [-0.15, -0.1) is 0 Å². The van der Waals surface area contributed by atoms with Crippen LogP contribution in [-0.2, 0) is 4.79 Å². The first-order valence-electron chi connectivity index (χ1n) is 8.12. The van der Waals surface area contributed by atoms with Crippen molar-refractivity contribution in [3.8, 4) is 0 Å². The molecule has 0 aliphatic heterocycles. The lowest BCUT2D eigenvalue weighted by Crippen LogP contribution is -2.22. The van der Waals surface area contributed by atoms with Crippen LogP contribution in [0.1, 0.15) is 41.6 Å². The molecule has 2 nitrogen and oxygen atoms in total. The molecule has 0 radical (unpaired) electrons. The molecule has 0 aromatic heterocycles. The Morgan fingerprint density at radius 3 is 2.27 bits per heavy atom. The van der Waals surface area contributed by atoms with E-state index in [9.17, 15) is 9.59 Å². The van der Waals surface area contributed by atoms with Crippen molar-refractivity contribution in [1.82, 2.24) is 0 Å². The molecule has 3 aliphatic carbocycles. The van der Waals surface area contributed by atoms with E-state index in [0.29, 0.717) is 11.1 Å². The van der Waals surface area contributed by atoms with Gasteiger partial charge in [0.1, 0.15) is 0 Å². The van der Waals surface area contributed by atoms with E-state index in [1.54, 1.807) is 0 Å². The lowest BCUT2D eigenvalue weighted by molar-refractivity contribution is -0.119. The smallest absolute Gasteiger partial charge is 0.197 e. The van der Waals surface area contributed by atoms with Crippen LogP contribution in [0.5, 0.6) is 0 Å². The van der Waals surface area contributed by atoms with Crippen molar-refractivity contribution in [3.63, 3.8) is 0 Å². The summed E-state index contributed by atoms with van der Waals surface area (Å²) in [6.07, 6.45) is 4.26. The molecular weight excluding hydrogens is 272 g/mol. The number of rotatable bonds is 0. The maximum Gasteiger partial charge on any atom is 0.197 e. The molecule has 2 aromatic rings. The number of benzene rings is 2. The van der Waals surface area contributed by atoms with Gasteiger partial charge in [0.15, 0.2) is 11.6 Å². The minimum Gasteiger partial charge on any atom is -0.294 e. The van der Waals surface area contributed by atoms with E-state index >= 15 is 0 Å². The molecule has 2 unspecified atom stereocenters. The molecule has 3 aliphatic rings. The Bertz CT molecular complexity index is 882. The topological polar surface area (TPSA) is 34.1 Å². The van der Waals surface area contributed by atoms with Crippen LogP contribution in [0.3, 0.4) is 0 Å². The highest BCUT2D eigenvalue weighted by molar-refractivity contribution is 6.38. The second kappa shape index (κ2) is 4.16. The fourth-order valence-corrected chi connectivity index (χ4v) is 4.75. The second-order valence-corrected chi connectivity index (χ2v) is 6.69. The zero-order valence-corrected chi connectivity index (χ0v) is 12.3. The fourth-order valence-electron chi connectivity index (χ4n) is 4.75. The number of Topliss-reactive ketones (excluding diaryl/α,β-unsaturated/α-hetero) is 2. The van der Waals surface area contributed by atoms with Gasteiger partial charge in [-0.3, -0.25) is 9.59 Å². The first-order chi connectivity index (χ1) is 10.8. The molecule has 0 saturated heterocycles. The Morgan fingerprint density at radius 1 is 0.818 bits per heavy atom. The minimum atomic E-state index is -0.0429. The highest BCUT2D eigenvalue weighted by Crippen LogP contribution is 2.52. The molecule has 1 fully saturated rings. The van der Waals surface area contributed by atoms with Gasteiger partial charge in [0.25, 0.3) is 0 Å². The van der Waals surface area contributed by atoms with Crippen molar-refractivity contribution in [2.24, 2.45) is 11.8 Å². The standard InChI is InChI=1S/C20H16O2/c21-19-13-8-2-1-7-12(13)17-14-9-3-5-11-6-4-10-15(16(11)14)20(22)18(17)19/h3-6,9-10,12-13H,1-2,7-8H2. The quantitative estimate of drug-likeness (QED) is 0.681. The molecular formula is C20H16O2. The molecule has 0 N–H and O–H groups in total. The maximum absolute atomic E-state index is 13.0. The van der Waals surface area contributed by atoms with Gasteiger partial charge in [-0.25, -0.2) is 0 Å². The molecule has 5 rings (SSSR count). The van der Waals surface area contributed by atoms with Crippen LogP contribution in [-0.4, -0.2) is 11.6 Å². The first-order valence-corrected chi connectivity index (χ1v) is 8.12. The van der Waals surface area contributed by atoms with E-state index in [-0.39, 0.29) is 23.4 Å². The van der Waals surface area contributed by atoms with Crippen LogP contribution in [0.2, 0.25) is 0 Å². The van der Waals surface area contributed by atoms with Crippen LogP contribution in [0.4, 0.5) is 0 Å². The summed E-state index contributed by atoms with van der Waals surface area (Å²) in [6, 6.07) is 12.0. The first kappa shape index (κ1) is 12.3. The van der Waals surface area contributed by atoms with Gasteiger partial charge in [-0.2, -0.15) is 0 Å². The van der Waals surface area contributed by atoms with Crippen molar-refractivity contribution in [1.29, 1.82) is 0 Å². The highest BCUT2D eigenvalue weighted by Gasteiger charge is 2.47. The average Bonchev–Trinajstić information content (AvgIpc) is 2.86. The number of carbonyl (C=O) groups excluding carboxylic acids is 2. The van der Waals surface area contributed by atoms with Gasteiger partial charge in [-0.05, 0) is 35.3 Å². The molecule has 0 heterocycles. The summed E-state index contributed by atoms with van der Waals surface area (Å²) in [5.74, 6) is 0.376. The lowest BCUT2D eigenvalue weighted by Gasteiger charge is -2.27. The molecule has 0 spiro atoms. The Morgan fingerprint density at radius 2 is 1.50 bits per heavy atom. The van der Waals surface area contributed by atoms with Crippen molar-refractivity contribution in [3.05, 3.63) is 53.1 Å². The predicted octanol–water partition coefficient (Wildman–Crippen LogP) is 4.18. The van der Waals surface area contributed by atoms with E-state index < -0.39 is 0 Å². The Kier molecular flexibility index (Phi) is 2.33. The molecule has 2 heteroatoms. The second-order valence-electron chi connectivity index (χ2n) is 6.69. The number of hydrogen-bond donors (Lipinski definition) is 0. The van der Waals surface area contributed by atoms with Crippen molar-refractivity contribution in [2.45, 2.75) is 25.7 Å². The van der Waals surface area contributed by atoms with Gasteiger partial charge < -0.3 is 0 Å². The van der Waals surface area contributed by atoms with E-state index in [0.717, 1.165) is 47.6 Å². The van der Waals surface area contributed by atoms with Gasteiger partial charge in [-0.1, -0.05) is 49.2 Å². The summed E-state index contributed by atoms with van der Waals surface area (Å²) >= 11 is 0. The lowest BCUT2D eigenvalue weighted by atomic mass is 9.75. The van der Waals surface area contributed by atoms with Crippen LogP contribution in [0.25, 0.3) is 16.3 Å². The number of carbonyl (C=O) groups is 2. The highest BCUT2D eigenvalue weighted by atomic mass is 16.2. The van der Waals surface area contributed by atoms with Gasteiger partial charge in [0.2, 0.25) is 0 Å². The van der Waals surface area contributed by atoms with Crippen LogP contribution in [0, 0.1) is 11.8 Å². The molecule has 1 saturated carbocycles. The summed E-state index contributed by atoms with van der Waals surface area (Å²) in [4.78, 5) is 25.8. The number of fused-ring (bicyclic) bond motifs is 3. The van der Waals surface area contributed by atoms with Crippen LogP contribution < -0.4 is 0 Å². The largest absolute Gasteiger partial charge is 0.294 e. The molecule has 0 amide bonds. The van der Waals surface area contributed by atoms with Gasteiger partial charge in [0, 0.05) is 16.9 Å². The molecule has 2 atom stereocenters. The van der Waals surface area contributed by atoms with Gasteiger partial charge in [0.05, 0.1) is 5.57 Å². The summed E-state index contributed by atoms with van der Waals surface area (Å²) in [7, 11) is 0. The fraction of sp³-hybridized carbons (Fsp3) is 0.300. The molecule has 2 aromatic carbocycles. The van der Waals surface area contributed by atoms with Crippen molar-refractivity contribution >= 4 is 27.9 Å². The summed E-state index contributed by atoms with van der Waals surface area (Å²) in [6.45, 7) is 0. The van der Waals surface area contributed by atoms with Crippen molar-refractivity contribution < 1.29 is 9.59 Å². The van der Waals surface area contributed by atoms with E-state index in [1.165, 1.54) is 0 Å². The number of allylic oxidation sites excluding steroid dienone is 2. The maximum atomic E-state index is 13.0. The number of hydrogen-bond acceptors (Lipinski definition) is 2. The van der Waals surface area contributed by atoms with Crippen LogP contribution in [0.15, 0.2) is 42.0 Å². The third-order valence-electron chi connectivity index (χ3n) is 5.66.